The maximum absolute atomic E-state index is 8.84. The van der Waals surface area contributed by atoms with Crippen LogP contribution in [0, 0.1) is 11.3 Å². The van der Waals surface area contributed by atoms with E-state index in [1.54, 1.807) is 18.2 Å². The van der Waals surface area contributed by atoms with E-state index >= 15 is 0 Å². The molecule has 7 heteroatoms. The normalized spacial score (nSPS) is 9.81. The van der Waals surface area contributed by atoms with E-state index in [0.29, 0.717) is 40.3 Å². The number of hydrogen-bond donors (Lipinski definition) is 1. The minimum absolute atomic E-state index is 0.333. The highest BCUT2D eigenvalue weighted by Gasteiger charge is 2.14. The second-order valence-electron chi connectivity index (χ2n) is 3.93. The molecule has 0 saturated heterocycles. The van der Waals surface area contributed by atoms with Crippen molar-refractivity contribution in [1.82, 2.24) is 9.97 Å². The number of nitrogens with zero attached hydrogens (tertiary/aromatic N) is 3. The number of nitriles is 1. The van der Waals surface area contributed by atoms with Crippen molar-refractivity contribution in [1.29, 1.82) is 5.26 Å². The van der Waals surface area contributed by atoms with Gasteiger partial charge in [-0.1, -0.05) is 11.6 Å². The van der Waals surface area contributed by atoms with Gasteiger partial charge in [-0.25, -0.2) is 4.98 Å². The van der Waals surface area contributed by atoms with Gasteiger partial charge >= 0.3 is 0 Å². The lowest BCUT2D eigenvalue weighted by Crippen LogP contribution is -2.04. The van der Waals surface area contributed by atoms with E-state index in [9.17, 15) is 0 Å². The van der Waals surface area contributed by atoms with Crippen LogP contribution in [0.4, 0.5) is 11.5 Å². The Morgan fingerprint density at radius 2 is 2.19 bits per heavy atom. The predicted molar refractivity (Wildman–Crippen MR) is 79.2 cm³/mol. The van der Waals surface area contributed by atoms with Crippen molar-refractivity contribution >= 4 is 23.1 Å². The highest BCUT2D eigenvalue weighted by molar-refractivity contribution is 6.33. The van der Waals surface area contributed by atoms with E-state index in [-0.39, 0.29) is 0 Å². The van der Waals surface area contributed by atoms with Crippen molar-refractivity contribution in [3.05, 3.63) is 35.1 Å². The smallest absolute Gasteiger partial charge is 0.262 e. The van der Waals surface area contributed by atoms with Crippen molar-refractivity contribution in [2.45, 2.75) is 6.92 Å². The molecule has 108 valence electrons. The number of halogens is 1. The second kappa shape index (κ2) is 6.77. The van der Waals surface area contributed by atoms with Gasteiger partial charge in [0, 0.05) is 0 Å². The molecule has 1 heterocycles. The first kappa shape index (κ1) is 14.9. The molecule has 0 saturated carbocycles. The summed E-state index contributed by atoms with van der Waals surface area (Å²) in [4.78, 5) is 8.13. The molecule has 2 rings (SSSR count). The van der Waals surface area contributed by atoms with Crippen molar-refractivity contribution in [2.24, 2.45) is 0 Å². The van der Waals surface area contributed by atoms with Crippen molar-refractivity contribution in [3.8, 4) is 17.7 Å². The SMILES string of the molecule is CCOc1c(Nc2ccc(C#N)cc2Cl)ncnc1OC. The molecule has 0 aliphatic rings. The fraction of sp³-hybridized carbons (Fsp3) is 0.214. The highest BCUT2D eigenvalue weighted by atomic mass is 35.5. The third-order valence-corrected chi connectivity index (χ3v) is 2.92. The van der Waals surface area contributed by atoms with E-state index in [4.69, 9.17) is 26.3 Å². The van der Waals surface area contributed by atoms with E-state index in [0.717, 1.165) is 0 Å². The molecule has 0 aliphatic carbocycles. The summed E-state index contributed by atoms with van der Waals surface area (Å²) in [6, 6.07) is 6.96. The van der Waals surface area contributed by atoms with Gasteiger partial charge in [0.2, 0.25) is 5.75 Å². The van der Waals surface area contributed by atoms with Crippen molar-refractivity contribution in [3.63, 3.8) is 0 Å². The van der Waals surface area contributed by atoms with Crippen LogP contribution in [0.1, 0.15) is 12.5 Å². The van der Waals surface area contributed by atoms with Crippen LogP contribution in [-0.2, 0) is 0 Å². The van der Waals surface area contributed by atoms with Gasteiger partial charge in [0.1, 0.15) is 6.33 Å². The molecule has 2 aromatic rings. The molecule has 1 aromatic heterocycles. The van der Waals surface area contributed by atoms with Crippen LogP contribution < -0.4 is 14.8 Å². The molecule has 21 heavy (non-hydrogen) atoms. The molecular weight excluding hydrogens is 292 g/mol. The molecule has 0 bridgehead atoms. The Labute approximate surface area is 127 Å². The molecule has 0 aliphatic heterocycles. The largest absolute Gasteiger partial charge is 0.486 e. The minimum Gasteiger partial charge on any atom is -0.486 e. The van der Waals surface area contributed by atoms with Gasteiger partial charge in [0.05, 0.1) is 36.1 Å². The third-order valence-electron chi connectivity index (χ3n) is 2.60. The van der Waals surface area contributed by atoms with Crippen LogP contribution in [-0.4, -0.2) is 23.7 Å². The Hall–Kier alpha value is -2.52. The maximum Gasteiger partial charge on any atom is 0.262 e. The Balaban J connectivity index is 2.37. The van der Waals surface area contributed by atoms with Crippen molar-refractivity contribution in [2.75, 3.05) is 19.0 Å². The summed E-state index contributed by atoms with van der Waals surface area (Å²) in [6.45, 7) is 2.30. The summed E-state index contributed by atoms with van der Waals surface area (Å²) in [7, 11) is 1.50. The summed E-state index contributed by atoms with van der Waals surface area (Å²) in [5.41, 5.74) is 1.09. The van der Waals surface area contributed by atoms with Crippen LogP contribution in [0.5, 0.6) is 11.6 Å². The van der Waals surface area contributed by atoms with Gasteiger partial charge in [0.15, 0.2) is 5.82 Å². The van der Waals surface area contributed by atoms with Gasteiger partial charge in [0.25, 0.3) is 5.88 Å². The summed E-state index contributed by atoms with van der Waals surface area (Å²) < 4.78 is 10.7. The number of aromatic nitrogens is 2. The van der Waals surface area contributed by atoms with Gasteiger partial charge in [-0.05, 0) is 25.1 Å². The molecule has 1 N–H and O–H groups in total. The fourth-order valence-corrected chi connectivity index (χ4v) is 1.91. The molecular formula is C14H13ClN4O2. The topological polar surface area (TPSA) is 80.1 Å². The van der Waals surface area contributed by atoms with E-state index in [1.165, 1.54) is 13.4 Å². The Kier molecular flexibility index (Phi) is 4.80. The van der Waals surface area contributed by atoms with Gasteiger partial charge in [-0.15, -0.1) is 0 Å². The maximum atomic E-state index is 8.84. The first-order valence-corrected chi connectivity index (χ1v) is 6.55. The molecule has 0 atom stereocenters. The summed E-state index contributed by atoms with van der Waals surface area (Å²) in [5, 5.41) is 12.3. The quantitative estimate of drug-likeness (QED) is 0.914. The molecule has 0 fully saturated rings. The zero-order valence-electron chi connectivity index (χ0n) is 11.6. The van der Waals surface area contributed by atoms with E-state index in [2.05, 4.69) is 15.3 Å². The molecule has 0 amide bonds. The first-order chi connectivity index (χ1) is 10.2. The molecule has 1 aromatic carbocycles. The molecule has 0 unspecified atom stereocenters. The third kappa shape index (κ3) is 3.33. The van der Waals surface area contributed by atoms with Crippen LogP contribution in [0.3, 0.4) is 0 Å². The van der Waals surface area contributed by atoms with Gasteiger partial charge in [-0.3, -0.25) is 0 Å². The zero-order chi connectivity index (χ0) is 15.2. The Morgan fingerprint density at radius 3 is 2.81 bits per heavy atom. The fourth-order valence-electron chi connectivity index (χ4n) is 1.68. The standard InChI is InChI=1S/C14H13ClN4O2/c1-3-21-12-13(17-8-18-14(12)20-2)19-11-5-4-9(7-16)6-10(11)15/h4-6,8H,3H2,1-2H3,(H,17,18,19). The molecule has 0 spiro atoms. The Bertz CT molecular complexity index is 685. The lowest BCUT2D eigenvalue weighted by molar-refractivity contribution is 0.304. The van der Waals surface area contributed by atoms with Crippen LogP contribution in [0.15, 0.2) is 24.5 Å². The lowest BCUT2D eigenvalue weighted by atomic mass is 10.2. The number of rotatable bonds is 5. The van der Waals surface area contributed by atoms with E-state index in [1.807, 2.05) is 13.0 Å². The highest BCUT2D eigenvalue weighted by Crippen LogP contribution is 2.35. The minimum atomic E-state index is 0.333. The van der Waals surface area contributed by atoms with Gasteiger partial charge < -0.3 is 14.8 Å². The van der Waals surface area contributed by atoms with Crippen molar-refractivity contribution < 1.29 is 9.47 Å². The molecule has 6 nitrogen and oxygen atoms in total. The van der Waals surface area contributed by atoms with Crippen LogP contribution >= 0.6 is 11.6 Å². The monoisotopic (exact) mass is 304 g/mol. The number of benzene rings is 1. The molecule has 0 radical (unpaired) electrons. The summed E-state index contributed by atoms with van der Waals surface area (Å²) in [6.07, 6.45) is 1.36. The number of anilines is 2. The number of hydrogen-bond acceptors (Lipinski definition) is 6. The predicted octanol–water partition coefficient (Wildman–Crippen LogP) is 3.15. The second-order valence-corrected chi connectivity index (χ2v) is 4.33. The van der Waals surface area contributed by atoms with Crippen LogP contribution in [0.2, 0.25) is 5.02 Å². The number of methoxy groups -OCH3 is 1. The number of ether oxygens (including phenoxy) is 2. The Morgan fingerprint density at radius 1 is 1.38 bits per heavy atom. The number of nitrogens with one attached hydrogen (secondary N) is 1. The first-order valence-electron chi connectivity index (χ1n) is 6.18. The average Bonchev–Trinajstić information content (AvgIpc) is 2.51. The van der Waals surface area contributed by atoms with Crippen LogP contribution in [0.25, 0.3) is 0 Å². The zero-order valence-corrected chi connectivity index (χ0v) is 12.3. The lowest BCUT2D eigenvalue weighted by Gasteiger charge is -2.14. The summed E-state index contributed by atoms with van der Waals surface area (Å²) >= 11 is 6.13. The average molecular weight is 305 g/mol. The van der Waals surface area contributed by atoms with E-state index < -0.39 is 0 Å². The summed E-state index contributed by atoms with van der Waals surface area (Å²) in [5.74, 6) is 1.18. The van der Waals surface area contributed by atoms with Gasteiger partial charge in [-0.2, -0.15) is 10.2 Å².